The zero-order chi connectivity index (χ0) is 20.1. The van der Waals surface area contributed by atoms with Gasteiger partial charge in [-0.2, -0.15) is 5.10 Å². The van der Waals surface area contributed by atoms with Crippen molar-refractivity contribution in [3.63, 3.8) is 0 Å². The van der Waals surface area contributed by atoms with Crippen LogP contribution in [-0.4, -0.2) is 34.4 Å². The fraction of sp³-hybridized carbons (Fsp3) is 0.250. The number of halogens is 1. The van der Waals surface area contributed by atoms with Gasteiger partial charge in [0.1, 0.15) is 12.7 Å². The highest BCUT2D eigenvalue weighted by Crippen LogP contribution is 2.36. The Labute approximate surface area is 168 Å². The summed E-state index contributed by atoms with van der Waals surface area (Å²) in [5.74, 6) is 0.598. The van der Waals surface area contributed by atoms with Gasteiger partial charge in [-0.25, -0.2) is 9.67 Å². The number of methoxy groups -OCH3 is 1. The molecule has 0 unspecified atom stereocenters. The summed E-state index contributed by atoms with van der Waals surface area (Å²) >= 11 is 6.26. The second kappa shape index (κ2) is 8.75. The van der Waals surface area contributed by atoms with E-state index in [1.54, 1.807) is 23.1 Å². The molecule has 3 rings (SSSR count). The Morgan fingerprint density at radius 1 is 1.29 bits per heavy atom. The van der Waals surface area contributed by atoms with Crippen molar-refractivity contribution in [1.82, 2.24) is 20.1 Å². The smallest absolute Gasteiger partial charge is 0.251 e. The van der Waals surface area contributed by atoms with Crippen LogP contribution in [0.15, 0.2) is 49.1 Å². The van der Waals surface area contributed by atoms with E-state index < -0.39 is 0 Å². The Morgan fingerprint density at radius 2 is 2.04 bits per heavy atom. The molecule has 8 heteroatoms. The van der Waals surface area contributed by atoms with Crippen molar-refractivity contribution in [3.05, 3.63) is 65.2 Å². The molecule has 1 aromatic heterocycles. The van der Waals surface area contributed by atoms with Crippen molar-refractivity contribution in [3.8, 4) is 17.2 Å². The summed E-state index contributed by atoms with van der Waals surface area (Å²) in [4.78, 5) is 16.6. The highest BCUT2D eigenvalue weighted by atomic mass is 35.5. The number of nitrogens with one attached hydrogen (secondary N) is 1. The van der Waals surface area contributed by atoms with Gasteiger partial charge in [0.25, 0.3) is 5.91 Å². The molecular weight excluding hydrogens is 380 g/mol. The summed E-state index contributed by atoms with van der Waals surface area (Å²) in [6.45, 7) is 4.21. The molecule has 28 heavy (non-hydrogen) atoms. The molecule has 0 fully saturated rings. The number of carbonyl (C=O) groups excluding carboxylic acids is 1. The fourth-order valence-corrected chi connectivity index (χ4v) is 3.02. The van der Waals surface area contributed by atoms with Crippen molar-refractivity contribution in [2.75, 3.05) is 13.7 Å². The first-order chi connectivity index (χ1) is 13.5. The number of rotatable bonds is 7. The maximum Gasteiger partial charge on any atom is 0.251 e. The average Bonchev–Trinajstić information content (AvgIpc) is 3.24. The molecule has 7 nitrogen and oxygen atoms in total. The third kappa shape index (κ3) is 4.26. The first-order valence-corrected chi connectivity index (χ1v) is 9.17. The third-order valence-electron chi connectivity index (χ3n) is 4.20. The predicted molar refractivity (Wildman–Crippen MR) is 106 cm³/mol. The molecule has 0 saturated carbocycles. The minimum absolute atomic E-state index is 0.200. The summed E-state index contributed by atoms with van der Waals surface area (Å²) in [5, 5.41) is 7.39. The van der Waals surface area contributed by atoms with Gasteiger partial charge in [-0.15, -0.1) is 0 Å². The zero-order valence-electron chi connectivity index (χ0n) is 15.8. The van der Waals surface area contributed by atoms with Crippen molar-refractivity contribution in [2.45, 2.75) is 19.9 Å². The van der Waals surface area contributed by atoms with E-state index in [1.807, 2.05) is 38.1 Å². The van der Waals surface area contributed by atoms with E-state index in [2.05, 4.69) is 15.4 Å². The fourth-order valence-electron chi connectivity index (χ4n) is 2.76. The van der Waals surface area contributed by atoms with Crippen LogP contribution in [0.1, 0.15) is 35.8 Å². The molecule has 0 saturated heterocycles. The van der Waals surface area contributed by atoms with Crippen LogP contribution in [0.5, 0.6) is 11.5 Å². The van der Waals surface area contributed by atoms with Crippen molar-refractivity contribution in [1.29, 1.82) is 0 Å². The summed E-state index contributed by atoms with van der Waals surface area (Å²) in [5.41, 5.74) is 2.25. The topological polar surface area (TPSA) is 78.3 Å². The molecule has 0 spiro atoms. The molecule has 0 aliphatic rings. The minimum atomic E-state index is -0.254. The van der Waals surface area contributed by atoms with Gasteiger partial charge in [-0.05, 0) is 43.7 Å². The van der Waals surface area contributed by atoms with E-state index in [1.165, 1.54) is 13.4 Å². The van der Waals surface area contributed by atoms with Crippen LogP contribution in [0.4, 0.5) is 0 Å². The molecule has 1 amide bonds. The average molecular weight is 401 g/mol. The minimum Gasteiger partial charge on any atom is -0.493 e. The molecule has 0 aliphatic carbocycles. The van der Waals surface area contributed by atoms with Gasteiger partial charge in [0.2, 0.25) is 0 Å². The summed E-state index contributed by atoms with van der Waals surface area (Å²) in [6.07, 6.45) is 3.11. The Kier molecular flexibility index (Phi) is 6.16. The Bertz CT molecular complexity index is 943. The Morgan fingerprint density at radius 3 is 2.64 bits per heavy atom. The van der Waals surface area contributed by atoms with Gasteiger partial charge in [0, 0.05) is 5.56 Å². The van der Waals surface area contributed by atoms with E-state index in [0.29, 0.717) is 28.7 Å². The Hall–Kier alpha value is -3.06. The maximum absolute atomic E-state index is 12.7. The normalized spacial score (nSPS) is 11.7. The molecule has 0 radical (unpaired) electrons. The second-order valence-corrected chi connectivity index (χ2v) is 6.46. The molecule has 146 valence electrons. The lowest BCUT2D eigenvalue weighted by Crippen LogP contribution is -2.26. The lowest BCUT2D eigenvalue weighted by atomic mass is 10.1. The van der Waals surface area contributed by atoms with Crippen molar-refractivity contribution < 1.29 is 14.3 Å². The van der Waals surface area contributed by atoms with Gasteiger partial charge >= 0.3 is 0 Å². The Balaban J connectivity index is 1.74. The van der Waals surface area contributed by atoms with Gasteiger partial charge in [-0.1, -0.05) is 23.7 Å². The van der Waals surface area contributed by atoms with E-state index in [4.69, 9.17) is 21.1 Å². The monoisotopic (exact) mass is 400 g/mol. The number of ether oxygens (including phenoxy) is 2. The molecule has 1 atom stereocenters. The highest BCUT2D eigenvalue weighted by Gasteiger charge is 2.17. The first-order valence-electron chi connectivity index (χ1n) is 8.79. The van der Waals surface area contributed by atoms with Crippen LogP contribution in [0.25, 0.3) is 5.69 Å². The maximum atomic E-state index is 12.7. The molecule has 0 bridgehead atoms. The van der Waals surface area contributed by atoms with E-state index in [9.17, 15) is 4.79 Å². The van der Waals surface area contributed by atoms with Crippen LogP contribution < -0.4 is 14.8 Å². The van der Waals surface area contributed by atoms with Crippen LogP contribution in [-0.2, 0) is 0 Å². The second-order valence-electron chi connectivity index (χ2n) is 6.05. The van der Waals surface area contributed by atoms with Crippen molar-refractivity contribution in [2.24, 2.45) is 0 Å². The lowest BCUT2D eigenvalue weighted by Gasteiger charge is -2.17. The third-order valence-corrected chi connectivity index (χ3v) is 4.49. The standard InChI is InChI=1S/C20H21ClN4O3/c1-4-28-19-17(21)9-15(10-18(19)27-3)20(26)24-13(2)14-5-7-16(8-6-14)25-12-22-11-23-25/h5-13H,4H2,1-3H3,(H,24,26)/t13-/m0/s1. The van der Waals surface area contributed by atoms with Crippen LogP contribution in [0.2, 0.25) is 5.02 Å². The number of hydrogen-bond donors (Lipinski definition) is 1. The van der Waals surface area contributed by atoms with E-state index >= 15 is 0 Å². The van der Waals surface area contributed by atoms with Gasteiger partial charge < -0.3 is 14.8 Å². The number of amides is 1. The van der Waals surface area contributed by atoms with Crippen molar-refractivity contribution >= 4 is 17.5 Å². The molecule has 2 aromatic carbocycles. The summed E-state index contributed by atoms with van der Waals surface area (Å²) in [7, 11) is 1.51. The number of carbonyl (C=O) groups is 1. The summed E-state index contributed by atoms with van der Waals surface area (Å²) < 4.78 is 12.5. The molecule has 1 heterocycles. The van der Waals surface area contributed by atoms with Crippen LogP contribution in [0.3, 0.4) is 0 Å². The first kappa shape index (κ1) is 19.7. The number of benzene rings is 2. The highest BCUT2D eigenvalue weighted by molar-refractivity contribution is 6.32. The number of hydrogen-bond acceptors (Lipinski definition) is 5. The quantitative estimate of drug-likeness (QED) is 0.652. The van der Waals surface area contributed by atoms with E-state index in [-0.39, 0.29) is 11.9 Å². The zero-order valence-corrected chi connectivity index (χ0v) is 16.6. The molecule has 1 N–H and O–H groups in total. The predicted octanol–water partition coefficient (Wildman–Crippen LogP) is 3.82. The van der Waals surface area contributed by atoms with Crippen LogP contribution in [0, 0.1) is 0 Å². The molecule has 0 aliphatic heterocycles. The largest absolute Gasteiger partial charge is 0.493 e. The molecule has 3 aromatic rings. The van der Waals surface area contributed by atoms with Crippen LogP contribution >= 0.6 is 11.6 Å². The summed E-state index contributed by atoms with van der Waals surface area (Å²) in [6, 6.07) is 10.7. The van der Waals surface area contributed by atoms with Gasteiger partial charge in [0.05, 0.1) is 30.5 Å². The number of nitrogens with zero attached hydrogens (tertiary/aromatic N) is 3. The van der Waals surface area contributed by atoms with Gasteiger partial charge in [0.15, 0.2) is 11.5 Å². The molecular formula is C20H21ClN4O3. The van der Waals surface area contributed by atoms with E-state index in [0.717, 1.165) is 11.3 Å². The SMILES string of the molecule is CCOc1c(Cl)cc(C(=O)N[C@@H](C)c2ccc(-n3cncn3)cc2)cc1OC. The lowest BCUT2D eigenvalue weighted by molar-refractivity contribution is 0.0939. The number of aromatic nitrogens is 3. The van der Waals surface area contributed by atoms with Gasteiger partial charge in [-0.3, -0.25) is 4.79 Å².